The van der Waals surface area contributed by atoms with Crippen LogP contribution >= 0.6 is 0 Å². The molecule has 184 valence electrons. The Morgan fingerprint density at radius 1 is 1.21 bits per heavy atom. The molecule has 4 aliphatic rings. The number of nitrogens with one attached hydrogen (secondary N) is 1. The van der Waals surface area contributed by atoms with Gasteiger partial charge in [0.05, 0.1) is 6.10 Å². The van der Waals surface area contributed by atoms with Crippen LogP contribution in [0.5, 0.6) is 5.75 Å². The Hall–Kier alpha value is -2.38. The molecule has 34 heavy (non-hydrogen) atoms. The fourth-order valence-electron chi connectivity index (χ4n) is 6.19. The van der Waals surface area contributed by atoms with E-state index in [0.29, 0.717) is 37.1 Å². The van der Waals surface area contributed by atoms with Crippen molar-refractivity contribution in [3.8, 4) is 5.75 Å². The molecule has 3 atom stereocenters. The van der Waals surface area contributed by atoms with E-state index in [1.807, 2.05) is 25.3 Å². The summed E-state index contributed by atoms with van der Waals surface area (Å²) >= 11 is 0. The summed E-state index contributed by atoms with van der Waals surface area (Å²) in [5.41, 5.74) is 2.35. The van der Waals surface area contributed by atoms with Crippen molar-refractivity contribution < 1.29 is 19.1 Å². The normalized spacial score (nSPS) is 31.0. The van der Waals surface area contributed by atoms with Gasteiger partial charge in [0, 0.05) is 37.5 Å². The number of fused-ring (bicyclic) bond motifs is 1. The number of hydrogen-bond donors (Lipinski definition) is 1. The highest BCUT2D eigenvalue weighted by Crippen LogP contribution is 2.35. The van der Waals surface area contributed by atoms with Crippen LogP contribution in [0.1, 0.15) is 67.8 Å². The van der Waals surface area contributed by atoms with Gasteiger partial charge in [0.1, 0.15) is 17.9 Å². The first-order valence-electron chi connectivity index (χ1n) is 12.8. The molecule has 7 heteroatoms. The molecular formula is C27H37N3O4. The Labute approximate surface area is 202 Å². The standard InChI is InChI=1S/C27H37N3O4/c1-4-29(15-18-12-21(13-18)33-3)23-6-5-7-25(23)34-20-9-10-22-19(14-20)16-30(27(22)32)24-11-8-17(2)28-26(24)31/h9-10,14,18,21,23-25H,2,4-8,11-13,15-16H2,1,3H3,(H,28,31)/t18?,21?,23-,24?,25-/m1/s1. The van der Waals surface area contributed by atoms with Crippen LogP contribution in [0.25, 0.3) is 0 Å². The van der Waals surface area contributed by atoms with Crippen LogP contribution in [-0.4, -0.2) is 66.1 Å². The lowest BCUT2D eigenvalue weighted by Crippen LogP contribution is -2.49. The average molecular weight is 468 g/mol. The van der Waals surface area contributed by atoms with E-state index in [0.717, 1.165) is 61.7 Å². The van der Waals surface area contributed by atoms with E-state index in [-0.39, 0.29) is 17.9 Å². The Bertz CT molecular complexity index is 957. The van der Waals surface area contributed by atoms with Crippen LogP contribution in [0.2, 0.25) is 0 Å². The van der Waals surface area contributed by atoms with Crippen LogP contribution in [0.3, 0.4) is 0 Å². The Morgan fingerprint density at radius 2 is 2.03 bits per heavy atom. The predicted octanol–water partition coefficient (Wildman–Crippen LogP) is 3.48. The highest BCUT2D eigenvalue weighted by atomic mass is 16.5. The first-order valence-corrected chi connectivity index (χ1v) is 12.8. The fourth-order valence-corrected chi connectivity index (χ4v) is 6.19. The molecular weight excluding hydrogens is 430 g/mol. The topological polar surface area (TPSA) is 71.1 Å². The number of likely N-dealkylation sites (N-methyl/N-ethyl adjacent to an activating group) is 1. The van der Waals surface area contributed by atoms with E-state index in [4.69, 9.17) is 9.47 Å². The third-order valence-electron chi connectivity index (χ3n) is 8.21. The summed E-state index contributed by atoms with van der Waals surface area (Å²) in [5, 5.41) is 2.80. The largest absolute Gasteiger partial charge is 0.489 e. The first-order chi connectivity index (χ1) is 16.5. The van der Waals surface area contributed by atoms with Gasteiger partial charge in [-0.15, -0.1) is 0 Å². The Morgan fingerprint density at radius 3 is 2.76 bits per heavy atom. The summed E-state index contributed by atoms with van der Waals surface area (Å²) in [7, 11) is 1.81. The van der Waals surface area contributed by atoms with Gasteiger partial charge in [-0.2, -0.15) is 0 Å². The lowest BCUT2D eigenvalue weighted by molar-refractivity contribution is -0.126. The number of allylic oxidation sites excluding steroid dienone is 1. The molecule has 2 heterocycles. The van der Waals surface area contributed by atoms with E-state index in [1.54, 1.807) is 4.90 Å². The van der Waals surface area contributed by atoms with Crippen molar-refractivity contribution in [2.45, 2.75) is 82.7 Å². The van der Waals surface area contributed by atoms with Crippen molar-refractivity contribution in [1.29, 1.82) is 0 Å². The molecule has 5 rings (SSSR count). The quantitative estimate of drug-likeness (QED) is 0.634. The Kier molecular flexibility index (Phi) is 6.67. The maximum absolute atomic E-state index is 13.0. The maximum Gasteiger partial charge on any atom is 0.255 e. The molecule has 3 fully saturated rings. The number of methoxy groups -OCH3 is 1. The Balaban J connectivity index is 1.23. The number of ether oxygens (including phenoxy) is 2. The minimum Gasteiger partial charge on any atom is -0.489 e. The van der Waals surface area contributed by atoms with Gasteiger partial charge in [0.2, 0.25) is 5.91 Å². The number of amides is 2. The molecule has 0 bridgehead atoms. The van der Waals surface area contributed by atoms with Crippen LogP contribution in [0, 0.1) is 5.92 Å². The van der Waals surface area contributed by atoms with Crippen LogP contribution in [-0.2, 0) is 16.1 Å². The summed E-state index contributed by atoms with van der Waals surface area (Å²) in [6.45, 7) is 8.68. The van der Waals surface area contributed by atoms with Crippen LogP contribution < -0.4 is 10.1 Å². The second-order valence-corrected chi connectivity index (χ2v) is 10.3. The highest BCUT2D eigenvalue weighted by Gasteiger charge is 2.39. The van der Waals surface area contributed by atoms with Gasteiger partial charge in [-0.3, -0.25) is 14.5 Å². The first kappa shape index (κ1) is 23.4. The fraction of sp³-hybridized carbons (Fsp3) is 0.630. The van der Waals surface area contributed by atoms with Gasteiger partial charge in [0.25, 0.3) is 5.91 Å². The van der Waals surface area contributed by atoms with Crippen molar-refractivity contribution >= 4 is 11.8 Å². The number of carbonyl (C=O) groups is 2. The van der Waals surface area contributed by atoms with Gasteiger partial charge >= 0.3 is 0 Å². The van der Waals surface area contributed by atoms with Crippen molar-refractivity contribution in [2.24, 2.45) is 5.92 Å². The molecule has 0 aromatic heterocycles. The zero-order chi connectivity index (χ0) is 23.8. The molecule has 2 saturated carbocycles. The smallest absolute Gasteiger partial charge is 0.255 e. The van der Waals surface area contributed by atoms with E-state index in [1.165, 1.54) is 6.42 Å². The SMILES string of the molecule is C=C1CCC(N2Cc3cc(O[C@@H]4CCC[C@H]4N(CC)CC4CC(OC)C4)ccc3C2=O)C(=O)N1. The van der Waals surface area contributed by atoms with Gasteiger partial charge in [-0.05, 0) is 81.2 Å². The van der Waals surface area contributed by atoms with Gasteiger partial charge in [-0.1, -0.05) is 13.5 Å². The molecule has 0 radical (unpaired) electrons. The summed E-state index contributed by atoms with van der Waals surface area (Å²) in [6, 6.07) is 5.79. The number of nitrogens with zero attached hydrogens (tertiary/aromatic N) is 2. The molecule has 2 amide bonds. The summed E-state index contributed by atoms with van der Waals surface area (Å²) in [4.78, 5) is 29.8. The molecule has 1 aromatic carbocycles. The van der Waals surface area contributed by atoms with E-state index >= 15 is 0 Å². The lowest BCUT2D eigenvalue weighted by Gasteiger charge is -2.40. The van der Waals surface area contributed by atoms with Crippen LogP contribution in [0.4, 0.5) is 0 Å². The second-order valence-electron chi connectivity index (χ2n) is 10.3. The monoisotopic (exact) mass is 467 g/mol. The number of piperidine rings is 1. The lowest BCUT2D eigenvalue weighted by atomic mass is 9.81. The number of benzene rings is 1. The zero-order valence-corrected chi connectivity index (χ0v) is 20.4. The van der Waals surface area contributed by atoms with E-state index in [9.17, 15) is 9.59 Å². The van der Waals surface area contributed by atoms with E-state index in [2.05, 4.69) is 23.7 Å². The predicted molar refractivity (Wildman–Crippen MR) is 129 cm³/mol. The van der Waals surface area contributed by atoms with Crippen molar-refractivity contribution in [3.63, 3.8) is 0 Å². The number of carbonyl (C=O) groups excluding carboxylic acids is 2. The van der Waals surface area contributed by atoms with Gasteiger partial charge in [0.15, 0.2) is 0 Å². The molecule has 2 aliphatic carbocycles. The molecule has 1 N–H and O–H groups in total. The molecule has 1 unspecified atom stereocenters. The third-order valence-corrected chi connectivity index (χ3v) is 8.21. The second kappa shape index (κ2) is 9.70. The molecule has 0 spiro atoms. The average Bonchev–Trinajstić information content (AvgIpc) is 3.37. The molecule has 1 saturated heterocycles. The molecule has 2 aliphatic heterocycles. The molecule has 7 nitrogen and oxygen atoms in total. The third kappa shape index (κ3) is 4.48. The minimum absolute atomic E-state index is 0.0695. The van der Waals surface area contributed by atoms with E-state index < -0.39 is 6.04 Å². The maximum atomic E-state index is 13.0. The van der Waals surface area contributed by atoms with Crippen LogP contribution in [0.15, 0.2) is 30.5 Å². The summed E-state index contributed by atoms with van der Waals surface area (Å²) in [6.07, 6.45) is 7.65. The number of hydrogen-bond acceptors (Lipinski definition) is 5. The van der Waals surface area contributed by atoms with Crippen molar-refractivity contribution in [1.82, 2.24) is 15.1 Å². The summed E-state index contributed by atoms with van der Waals surface area (Å²) < 4.78 is 12.0. The van der Waals surface area contributed by atoms with Crippen molar-refractivity contribution in [3.05, 3.63) is 41.6 Å². The van der Waals surface area contributed by atoms with Gasteiger partial charge < -0.3 is 19.7 Å². The minimum atomic E-state index is -0.434. The molecule has 1 aromatic rings. The highest BCUT2D eigenvalue weighted by molar-refractivity contribution is 6.01. The summed E-state index contributed by atoms with van der Waals surface area (Å²) in [5.74, 6) is 1.34. The van der Waals surface area contributed by atoms with Gasteiger partial charge in [-0.25, -0.2) is 0 Å². The van der Waals surface area contributed by atoms with Crippen molar-refractivity contribution in [2.75, 3.05) is 20.2 Å². The number of rotatable bonds is 8. The zero-order valence-electron chi connectivity index (χ0n) is 20.4.